The zero-order chi connectivity index (χ0) is 22.7. The Kier molecular flexibility index (Phi) is 5.22. The molecule has 4 aliphatic rings. The molecule has 170 valence electrons. The molecular formula is C24H30FN5O2. The fourth-order valence-corrected chi connectivity index (χ4v) is 6.19. The van der Waals surface area contributed by atoms with E-state index in [0.29, 0.717) is 19.0 Å². The number of benzene rings is 1. The molecule has 8 heteroatoms. The number of carbonyl (C=O) groups is 2. The first-order valence-corrected chi connectivity index (χ1v) is 11.6. The third-order valence-corrected chi connectivity index (χ3v) is 7.71. The van der Waals surface area contributed by atoms with Gasteiger partial charge in [-0.25, -0.2) is 4.39 Å². The highest BCUT2D eigenvalue weighted by Gasteiger charge is 2.56. The molecule has 7 nitrogen and oxygen atoms in total. The van der Waals surface area contributed by atoms with Crippen LogP contribution in [0.5, 0.6) is 0 Å². The van der Waals surface area contributed by atoms with Crippen LogP contribution in [0.4, 0.5) is 4.39 Å². The van der Waals surface area contributed by atoms with Gasteiger partial charge in [-0.3, -0.25) is 14.5 Å². The van der Waals surface area contributed by atoms with Gasteiger partial charge in [-0.05, 0) is 48.8 Å². The minimum absolute atomic E-state index is 0.0544. The molecule has 1 aliphatic carbocycles. The SMILES string of the molecule is CC(C)C(c1ccc(F)cc1)N1C(=O)C2C[C@H]1CN2CC(N)C(=O)N1C(C#N)C[C@@H]2CC21. The molecule has 5 unspecified atom stereocenters. The lowest BCUT2D eigenvalue weighted by atomic mass is 9.93. The van der Waals surface area contributed by atoms with Crippen molar-refractivity contribution >= 4 is 11.8 Å². The molecule has 4 fully saturated rings. The van der Waals surface area contributed by atoms with E-state index in [1.165, 1.54) is 12.1 Å². The van der Waals surface area contributed by atoms with Gasteiger partial charge in [-0.15, -0.1) is 0 Å². The van der Waals surface area contributed by atoms with Crippen molar-refractivity contribution < 1.29 is 14.0 Å². The van der Waals surface area contributed by atoms with E-state index in [0.717, 1.165) is 24.8 Å². The van der Waals surface area contributed by atoms with Crippen molar-refractivity contribution in [1.29, 1.82) is 5.26 Å². The maximum atomic E-state index is 13.4. The van der Waals surface area contributed by atoms with Crippen molar-refractivity contribution in [3.8, 4) is 6.07 Å². The average molecular weight is 440 g/mol. The minimum Gasteiger partial charge on any atom is -0.330 e. The Labute approximate surface area is 187 Å². The summed E-state index contributed by atoms with van der Waals surface area (Å²) in [5, 5.41) is 9.38. The Morgan fingerprint density at radius 2 is 1.97 bits per heavy atom. The van der Waals surface area contributed by atoms with E-state index in [2.05, 4.69) is 19.9 Å². The molecule has 3 saturated heterocycles. The van der Waals surface area contributed by atoms with E-state index in [4.69, 9.17) is 5.73 Å². The van der Waals surface area contributed by atoms with Crippen LogP contribution in [-0.2, 0) is 9.59 Å². The summed E-state index contributed by atoms with van der Waals surface area (Å²) in [7, 11) is 0. The number of likely N-dealkylation sites (tertiary alicyclic amines) is 3. The number of hydrogen-bond donors (Lipinski definition) is 1. The van der Waals surface area contributed by atoms with Crippen LogP contribution in [0.2, 0.25) is 0 Å². The van der Waals surface area contributed by atoms with Crippen LogP contribution in [0.25, 0.3) is 0 Å². The molecule has 5 rings (SSSR count). The van der Waals surface area contributed by atoms with Crippen LogP contribution in [0.15, 0.2) is 24.3 Å². The van der Waals surface area contributed by atoms with Crippen LogP contribution in [0, 0.1) is 29.0 Å². The molecule has 0 spiro atoms. The highest BCUT2D eigenvalue weighted by molar-refractivity contribution is 5.87. The predicted molar refractivity (Wildman–Crippen MR) is 115 cm³/mol. The van der Waals surface area contributed by atoms with Gasteiger partial charge < -0.3 is 15.5 Å². The summed E-state index contributed by atoms with van der Waals surface area (Å²) in [6.45, 7) is 5.16. The van der Waals surface area contributed by atoms with Crippen LogP contribution in [-0.4, -0.2) is 69.8 Å². The molecular weight excluding hydrogens is 409 g/mol. The Balaban J connectivity index is 1.27. The number of halogens is 1. The molecule has 1 aromatic carbocycles. The van der Waals surface area contributed by atoms with Gasteiger partial charge in [0.05, 0.1) is 24.2 Å². The molecule has 2 N–H and O–H groups in total. The van der Waals surface area contributed by atoms with Gasteiger partial charge in [0.25, 0.3) is 0 Å². The third kappa shape index (κ3) is 3.39. The van der Waals surface area contributed by atoms with Gasteiger partial charge in [0.2, 0.25) is 11.8 Å². The fraction of sp³-hybridized carbons (Fsp3) is 0.625. The number of nitrogens with zero attached hydrogens (tertiary/aromatic N) is 4. The highest BCUT2D eigenvalue weighted by Crippen LogP contribution is 2.48. The van der Waals surface area contributed by atoms with E-state index in [-0.39, 0.29) is 53.8 Å². The lowest BCUT2D eigenvalue weighted by Gasteiger charge is -2.41. The Morgan fingerprint density at radius 3 is 2.59 bits per heavy atom. The third-order valence-electron chi connectivity index (χ3n) is 7.71. The monoisotopic (exact) mass is 439 g/mol. The maximum absolute atomic E-state index is 13.4. The van der Waals surface area contributed by atoms with Crippen molar-refractivity contribution in [2.24, 2.45) is 17.6 Å². The quantitative estimate of drug-likeness (QED) is 0.728. The Bertz CT molecular complexity index is 960. The maximum Gasteiger partial charge on any atom is 0.242 e. The summed E-state index contributed by atoms with van der Waals surface area (Å²) in [5.74, 6) is 0.241. The van der Waals surface area contributed by atoms with E-state index >= 15 is 0 Å². The number of piperazine rings is 1. The van der Waals surface area contributed by atoms with E-state index in [1.807, 2.05) is 9.80 Å². The van der Waals surface area contributed by atoms with Gasteiger partial charge >= 0.3 is 0 Å². The zero-order valence-corrected chi connectivity index (χ0v) is 18.5. The van der Waals surface area contributed by atoms with Crippen LogP contribution < -0.4 is 5.73 Å². The van der Waals surface area contributed by atoms with Gasteiger partial charge in [-0.2, -0.15) is 5.26 Å². The lowest BCUT2D eigenvalue weighted by Crippen LogP contribution is -2.57. The number of amides is 2. The number of piperidine rings is 1. The molecule has 1 saturated carbocycles. The predicted octanol–water partition coefficient (Wildman–Crippen LogP) is 1.65. The summed E-state index contributed by atoms with van der Waals surface area (Å²) in [6, 6.07) is 7.39. The van der Waals surface area contributed by atoms with Crippen LogP contribution >= 0.6 is 0 Å². The van der Waals surface area contributed by atoms with Gasteiger partial charge in [0, 0.05) is 25.2 Å². The average Bonchev–Trinajstić information content (AvgIpc) is 3.10. The van der Waals surface area contributed by atoms with E-state index in [9.17, 15) is 19.2 Å². The second kappa shape index (κ2) is 7.82. The largest absolute Gasteiger partial charge is 0.330 e. The first kappa shape index (κ1) is 21.4. The number of nitrogens with two attached hydrogens (primary N) is 1. The fourth-order valence-electron chi connectivity index (χ4n) is 6.19. The zero-order valence-electron chi connectivity index (χ0n) is 18.5. The van der Waals surface area contributed by atoms with Gasteiger partial charge in [0.1, 0.15) is 11.9 Å². The second-order valence-corrected chi connectivity index (χ2v) is 10.1. The minimum atomic E-state index is -0.733. The molecule has 7 atom stereocenters. The van der Waals surface area contributed by atoms with Crippen LogP contribution in [0.1, 0.15) is 44.7 Å². The van der Waals surface area contributed by atoms with Crippen LogP contribution in [0.3, 0.4) is 0 Å². The van der Waals surface area contributed by atoms with Crippen molar-refractivity contribution in [3.05, 3.63) is 35.6 Å². The molecule has 3 heterocycles. The molecule has 2 bridgehead atoms. The van der Waals surface area contributed by atoms with Crippen molar-refractivity contribution in [2.45, 2.75) is 69.4 Å². The lowest BCUT2D eigenvalue weighted by molar-refractivity contribution is -0.142. The topological polar surface area (TPSA) is 93.7 Å². The summed E-state index contributed by atoms with van der Waals surface area (Å²) in [5.41, 5.74) is 7.24. The molecule has 2 amide bonds. The standard InChI is InChI=1S/C24H30FN5O2/c1-13(2)22(14-3-5-16(25)6-4-14)30-18-9-21(24(30)32)28(11-18)12-19(27)23(31)29-17(10-26)7-15-8-20(15)29/h3-6,13,15,17-22H,7-9,11-12,27H2,1-2H3/t15-,17?,18+,19?,20?,21?,22?/m1/s1. The number of hydrogen-bond acceptors (Lipinski definition) is 5. The van der Waals surface area contributed by atoms with E-state index in [1.54, 1.807) is 17.0 Å². The summed E-state index contributed by atoms with van der Waals surface area (Å²) >= 11 is 0. The van der Waals surface area contributed by atoms with E-state index < -0.39 is 6.04 Å². The number of fused-ring (bicyclic) bond motifs is 3. The highest BCUT2D eigenvalue weighted by atomic mass is 19.1. The second-order valence-electron chi connectivity index (χ2n) is 10.1. The summed E-state index contributed by atoms with van der Waals surface area (Å²) < 4.78 is 13.4. The van der Waals surface area contributed by atoms with Gasteiger partial charge in [-0.1, -0.05) is 26.0 Å². The molecule has 32 heavy (non-hydrogen) atoms. The summed E-state index contributed by atoms with van der Waals surface area (Å²) in [6.07, 6.45) is 2.44. The normalized spacial score (nSPS) is 32.9. The molecule has 0 radical (unpaired) electrons. The van der Waals surface area contributed by atoms with Gasteiger partial charge in [0.15, 0.2) is 0 Å². The molecule has 3 aliphatic heterocycles. The molecule has 1 aromatic rings. The van der Waals surface area contributed by atoms with Crippen molar-refractivity contribution in [1.82, 2.24) is 14.7 Å². The van der Waals surface area contributed by atoms with Crippen molar-refractivity contribution in [2.75, 3.05) is 13.1 Å². The number of rotatable bonds is 6. The number of carbonyl (C=O) groups excluding carboxylic acids is 2. The smallest absolute Gasteiger partial charge is 0.242 e. The van der Waals surface area contributed by atoms with Crippen molar-refractivity contribution in [3.63, 3.8) is 0 Å². The first-order valence-electron chi connectivity index (χ1n) is 11.6. The number of nitriles is 1. The molecule has 0 aromatic heterocycles. The summed E-state index contributed by atoms with van der Waals surface area (Å²) in [4.78, 5) is 32.1. The Hall–Kier alpha value is -2.50. The first-order chi connectivity index (χ1) is 15.3. The Morgan fingerprint density at radius 1 is 1.25 bits per heavy atom.